The van der Waals surface area contributed by atoms with Crippen LogP contribution >= 0.6 is 11.6 Å². The van der Waals surface area contributed by atoms with Crippen molar-refractivity contribution in [1.82, 2.24) is 5.43 Å². The van der Waals surface area contributed by atoms with Crippen LogP contribution in [0.2, 0.25) is 5.02 Å². The average molecular weight is 458 g/mol. The lowest BCUT2D eigenvalue weighted by Crippen LogP contribution is -2.19. The summed E-state index contributed by atoms with van der Waals surface area (Å²) >= 11 is 5.89. The number of halogens is 1. The van der Waals surface area contributed by atoms with Crippen molar-refractivity contribution in [3.8, 4) is 11.5 Å². The van der Waals surface area contributed by atoms with Gasteiger partial charge in [0, 0.05) is 10.6 Å². The maximum Gasteiger partial charge on any atom is 0.271 e. The molecule has 0 atom stereocenters. The molecule has 4 rings (SSSR count). The first-order chi connectivity index (χ1) is 14.9. The Balaban J connectivity index is 1.45. The Morgan fingerprint density at radius 2 is 1.81 bits per heavy atom. The first-order valence-corrected chi connectivity index (χ1v) is 10.9. The fourth-order valence-electron chi connectivity index (χ4n) is 2.79. The van der Waals surface area contributed by atoms with Crippen LogP contribution in [-0.4, -0.2) is 27.3 Å². The number of fused-ring (bicyclic) bond motifs is 1. The molecule has 1 aliphatic rings. The van der Waals surface area contributed by atoms with Gasteiger partial charge in [0.25, 0.3) is 15.9 Å². The molecule has 2 N–H and O–H groups in total. The van der Waals surface area contributed by atoms with Crippen LogP contribution in [0.4, 0.5) is 5.69 Å². The highest BCUT2D eigenvalue weighted by atomic mass is 35.5. The first kappa shape index (κ1) is 20.7. The van der Waals surface area contributed by atoms with Crippen molar-refractivity contribution in [1.29, 1.82) is 0 Å². The van der Waals surface area contributed by atoms with Crippen molar-refractivity contribution < 1.29 is 22.7 Å². The number of carbonyl (C=O) groups is 1. The van der Waals surface area contributed by atoms with Gasteiger partial charge in [-0.3, -0.25) is 9.52 Å². The molecule has 0 unspecified atom stereocenters. The number of hydrogen-bond acceptors (Lipinski definition) is 6. The number of anilines is 1. The highest BCUT2D eigenvalue weighted by molar-refractivity contribution is 7.92. The number of sulfonamides is 1. The summed E-state index contributed by atoms with van der Waals surface area (Å²) in [6.45, 7) is 0.165. The van der Waals surface area contributed by atoms with E-state index in [4.69, 9.17) is 21.1 Å². The third kappa shape index (κ3) is 4.96. The molecule has 1 amide bonds. The number of hydrogen-bond donors (Lipinski definition) is 2. The molecule has 0 spiro atoms. The first-order valence-electron chi connectivity index (χ1n) is 9.02. The smallest absolute Gasteiger partial charge is 0.271 e. The lowest BCUT2D eigenvalue weighted by atomic mass is 10.2. The van der Waals surface area contributed by atoms with E-state index in [-0.39, 0.29) is 17.3 Å². The van der Waals surface area contributed by atoms with Crippen molar-refractivity contribution in [2.75, 3.05) is 11.5 Å². The molecule has 0 saturated carbocycles. The summed E-state index contributed by atoms with van der Waals surface area (Å²) < 4.78 is 38.2. The zero-order valence-electron chi connectivity index (χ0n) is 15.9. The number of ether oxygens (including phenoxy) is 2. The fraction of sp³-hybridized carbons (Fsp3) is 0.0476. The third-order valence-electron chi connectivity index (χ3n) is 4.26. The van der Waals surface area contributed by atoms with Gasteiger partial charge in [-0.05, 0) is 60.2 Å². The lowest BCUT2D eigenvalue weighted by Gasteiger charge is -2.09. The quantitative estimate of drug-likeness (QED) is 0.434. The summed E-state index contributed by atoms with van der Waals surface area (Å²) in [4.78, 5) is 12.3. The Kier molecular flexibility index (Phi) is 5.79. The van der Waals surface area contributed by atoms with Crippen molar-refractivity contribution in [2.45, 2.75) is 4.90 Å². The van der Waals surface area contributed by atoms with E-state index in [1.165, 1.54) is 36.5 Å². The van der Waals surface area contributed by atoms with Gasteiger partial charge in [-0.15, -0.1) is 0 Å². The standard InChI is InChI=1S/C21H16ClN3O5S/c22-16-4-2-5-17(11-16)25-31(27,28)18-6-1-3-15(10-18)21(26)24-23-12-14-7-8-19-20(9-14)30-13-29-19/h1-12,25H,13H2,(H,24,26)/b23-12+. The van der Waals surface area contributed by atoms with E-state index in [2.05, 4.69) is 15.2 Å². The van der Waals surface area contributed by atoms with E-state index < -0.39 is 15.9 Å². The summed E-state index contributed by atoms with van der Waals surface area (Å²) in [5.74, 6) is 0.683. The van der Waals surface area contributed by atoms with E-state index in [0.717, 1.165) is 0 Å². The summed E-state index contributed by atoms with van der Waals surface area (Å²) in [6.07, 6.45) is 1.45. The van der Waals surface area contributed by atoms with Gasteiger partial charge in [0.05, 0.1) is 16.8 Å². The van der Waals surface area contributed by atoms with Crippen molar-refractivity contribution >= 4 is 39.4 Å². The number of nitrogens with one attached hydrogen (secondary N) is 2. The number of nitrogens with zero attached hydrogens (tertiary/aromatic N) is 1. The van der Waals surface area contributed by atoms with Gasteiger partial charge < -0.3 is 9.47 Å². The predicted molar refractivity (Wildman–Crippen MR) is 116 cm³/mol. The normalized spacial score (nSPS) is 12.7. The fourth-order valence-corrected chi connectivity index (χ4v) is 4.08. The summed E-state index contributed by atoms with van der Waals surface area (Å²) in [5, 5.41) is 4.31. The lowest BCUT2D eigenvalue weighted by molar-refractivity contribution is 0.0955. The molecule has 0 bridgehead atoms. The molecule has 0 radical (unpaired) electrons. The Labute approximate surface area is 183 Å². The number of carbonyl (C=O) groups excluding carboxylic acids is 1. The number of amides is 1. The van der Waals surface area contributed by atoms with Gasteiger partial charge in [0.2, 0.25) is 6.79 Å². The van der Waals surface area contributed by atoms with Crippen LogP contribution in [0.25, 0.3) is 0 Å². The molecule has 31 heavy (non-hydrogen) atoms. The average Bonchev–Trinajstić information content (AvgIpc) is 3.21. The Morgan fingerprint density at radius 1 is 1.00 bits per heavy atom. The SMILES string of the molecule is O=C(N/N=C/c1ccc2c(c1)OCO2)c1cccc(S(=O)(=O)Nc2cccc(Cl)c2)c1. The second-order valence-corrected chi connectivity index (χ2v) is 8.57. The maximum absolute atomic E-state index is 12.6. The third-order valence-corrected chi connectivity index (χ3v) is 5.87. The molecular weight excluding hydrogens is 442 g/mol. The number of benzene rings is 3. The molecule has 0 aromatic heterocycles. The molecular formula is C21H16ClN3O5S. The molecule has 158 valence electrons. The second kappa shape index (κ2) is 8.66. The molecule has 3 aromatic carbocycles. The Bertz CT molecular complexity index is 1280. The van der Waals surface area contributed by atoms with Gasteiger partial charge >= 0.3 is 0 Å². The summed E-state index contributed by atoms with van der Waals surface area (Å²) in [6, 6.07) is 17.2. The zero-order chi connectivity index (χ0) is 21.8. The molecule has 10 heteroatoms. The van der Waals surface area contributed by atoms with Crippen LogP contribution in [0, 0.1) is 0 Å². The van der Waals surface area contributed by atoms with Crippen LogP contribution < -0.4 is 19.6 Å². The minimum Gasteiger partial charge on any atom is -0.454 e. The van der Waals surface area contributed by atoms with Crippen molar-refractivity contribution in [3.05, 3.63) is 82.9 Å². The van der Waals surface area contributed by atoms with Crippen LogP contribution in [0.1, 0.15) is 15.9 Å². The van der Waals surface area contributed by atoms with Gasteiger partial charge in [-0.2, -0.15) is 5.10 Å². The number of hydrazone groups is 1. The monoisotopic (exact) mass is 457 g/mol. The van der Waals surface area contributed by atoms with Crippen LogP contribution in [0.15, 0.2) is 76.7 Å². The maximum atomic E-state index is 12.6. The second-order valence-electron chi connectivity index (χ2n) is 6.46. The van der Waals surface area contributed by atoms with Crippen molar-refractivity contribution in [3.63, 3.8) is 0 Å². The Morgan fingerprint density at radius 3 is 2.65 bits per heavy atom. The Hall–Kier alpha value is -3.56. The van der Waals surface area contributed by atoms with Gasteiger partial charge in [0.1, 0.15) is 0 Å². The van der Waals surface area contributed by atoms with Gasteiger partial charge in [-0.25, -0.2) is 13.8 Å². The van der Waals surface area contributed by atoms with Crippen LogP contribution in [-0.2, 0) is 10.0 Å². The molecule has 3 aromatic rings. The van der Waals surface area contributed by atoms with E-state index in [0.29, 0.717) is 27.8 Å². The number of rotatable bonds is 6. The zero-order valence-corrected chi connectivity index (χ0v) is 17.5. The van der Waals surface area contributed by atoms with E-state index in [1.807, 2.05) is 0 Å². The molecule has 8 nitrogen and oxygen atoms in total. The summed E-state index contributed by atoms with van der Waals surface area (Å²) in [5.41, 5.74) is 3.53. The molecule has 1 heterocycles. The predicted octanol–water partition coefficient (Wildman–Crippen LogP) is 3.63. The molecule has 1 aliphatic heterocycles. The summed E-state index contributed by atoms with van der Waals surface area (Å²) in [7, 11) is -3.91. The highest BCUT2D eigenvalue weighted by Gasteiger charge is 2.17. The highest BCUT2D eigenvalue weighted by Crippen LogP contribution is 2.32. The van der Waals surface area contributed by atoms with E-state index in [1.54, 1.807) is 36.4 Å². The topological polar surface area (TPSA) is 106 Å². The van der Waals surface area contributed by atoms with Gasteiger partial charge in [-0.1, -0.05) is 23.7 Å². The van der Waals surface area contributed by atoms with E-state index >= 15 is 0 Å². The van der Waals surface area contributed by atoms with Crippen LogP contribution in [0.3, 0.4) is 0 Å². The minimum absolute atomic E-state index is 0.0696. The molecule has 0 saturated heterocycles. The largest absolute Gasteiger partial charge is 0.454 e. The molecule has 0 fully saturated rings. The minimum atomic E-state index is -3.91. The molecule has 0 aliphatic carbocycles. The van der Waals surface area contributed by atoms with E-state index in [9.17, 15) is 13.2 Å². The van der Waals surface area contributed by atoms with Crippen molar-refractivity contribution in [2.24, 2.45) is 5.10 Å². The van der Waals surface area contributed by atoms with Gasteiger partial charge in [0.15, 0.2) is 11.5 Å². The van der Waals surface area contributed by atoms with Crippen LogP contribution in [0.5, 0.6) is 11.5 Å².